The monoisotopic (exact) mass is 340 g/mol. The van der Waals surface area contributed by atoms with Gasteiger partial charge in [-0.1, -0.05) is 0 Å². The van der Waals surface area contributed by atoms with Crippen LogP contribution in [0.15, 0.2) is 0 Å². The molecule has 0 heterocycles. The molecule has 7 heteroatoms. The highest BCUT2D eigenvalue weighted by Gasteiger charge is 2.62. The van der Waals surface area contributed by atoms with Crippen molar-refractivity contribution in [3.8, 4) is 0 Å². The van der Waals surface area contributed by atoms with Crippen LogP contribution in [0.4, 0.5) is 0 Å². The van der Waals surface area contributed by atoms with Crippen molar-refractivity contribution in [1.82, 2.24) is 0 Å². The molecule has 5 saturated carbocycles. The number of ether oxygens (including phenoxy) is 5. The SMILES string of the molecule is CC(=O)OC1(OC2(OC3CC3OC3CC3OC3CC3O)CC2)CC1. The third-order valence-corrected chi connectivity index (χ3v) is 5.14. The zero-order valence-corrected chi connectivity index (χ0v) is 13.8. The van der Waals surface area contributed by atoms with Crippen LogP contribution in [0.1, 0.15) is 51.9 Å². The normalized spacial score (nSPS) is 45.4. The molecule has 0 bridgehead atoms. The van der Waals surface area contributed by atoms with E-state index in [1.54, 1.807) is 0 Å². The first-order chi connectivity index (χ1) is 11.5. The second-order valence-corrected chi connectivity index (χ2v) is 7.87. The van der Waals surface area contributed by atoms with Gasteiger partial charge in [0.2, 0.25) is 5.79 Å². The van der Waals surface area contributed by atoms with E-state index in [0.717, 1.165) is 44.9 Å². The summed E-state index contributed by atoms with van der Waals surface area (Å²) in [5.74, 6) is -1.63. The number of carbonyl (C=O) groups excluding carboxylic acids is 1. The van der Waals surface area contributed by atoms with Gasteiger partial charge in [-0.05, 0) is 0 Å². The van der Waals surface area contributed by atoms with Crippen molar-refractivity contribution < 1.29 is 33.6 Å². The fraction of sp³-hybridized carbons (Fsp3) is 0.941. The number of aliphatic hydroxyl groups is 1. The molecule has 6 unspecified atom stereocenters. The van der Waals surface area contributed by atoms with Crippen LogP contribution in [0.25, 0.3) is 0 Å². The summed E-state index contributed by atoms with van der Waals surface area (Å²) in [6, 6.07) is 0. The van der Waals surface area contributed by atoms with Crippen LogP contribution < -0.4 is 0 Å². The average Bonchev–Trinajstić information content (AvgIpc) is 3.26. The van der Waals surface area contributed by atoms with Crippen LogP contribution in [0.3, 0.4) is 0 Å². The summed E-state index contributed by atoms with van der Waals surface area (Å²) in [7, 11) is 0. The Morgan fingerprint density at radius 1 is 0.875 bits per heavy atom. The zero-order chi connectivity index (χ0) is 16.5. The third-order valence-electron chi connectivity index (χ3n) is 5.14. The lowest BCUT2D eigenvalue weighted by Gasteiger charge is -2.24. The predicted molar refractivity (Wildman–Crippen MR) is 78.8 cm³/mol. The Kier molecular flexibility index (Phi) is 3.32. The maximum atomic E-state index is 11.2. The molecule has 0 aliphatic heterocycles. The van der Waals surface area contributed by atoms with Gasteiger partial charge in [0.25, 0.3) is 0 Å². The topological polar surface area (TPSA) is 83.5 Å². The Morgan fingerprint density at radius 2 is 1.42 bits per heavy atom. The quantitative estimate of drug-likeness (QED) is 0.495. The molecule has 0 radical (unpaired) electrons. The van der Waals surface area contributed by atoms with Gasteiger partial charge in [-0.2, -0.15) is 0 Å². The molecule has 0 aromatic heterocycles. The summed E-state index contributed by atoms with van der Waals surface area (Å²) in [5.41, 5.74) is 0. The molecular formula is C17H24O7. The number of hydrogen-bond acceptors (Lipinski definition) is 7. The molecule has 5 fully saturated rings. The van der Waals surface area contributed by atoms with E-state index in [1.807, 2.05) is 0 Å². The van der Waals surface area contributed by atoms with Gasteiger partial charge in [0.1, 0.15) is 0 Å². The second kappa shape index (κ2) is 5.14. The highest BCUT2D eigenvalue weighted by atomic mass is 16.8. The molecule has 0 amide bonds. The van der Waals surface area contributed by atoms with E-state index in [4.69, 9.17) is 23.7 Å². The maximum absolute atomic E-state index is 11.2. The van der Waals surface area contributed by atoms with Gasteiger partial charge in [-0.15, -0.1) is 0 Å². The molecule has 5 rings (SSSR count). The Hall–Kier alpha value is -0.730. The van der Waals surface area contributed by atoms with Gasteiger partial charge in [0.15, 0.2) is 5.79 Å². The van der Waals surface area contributed by atoms with Crippen LogP contribution in [0, 0.1) is 0 Å². The van der Waals surface area contributed by atoms with Crippen molar-refractivity contribution in [3.05, 3.63) is 0 Å². The number of aliphatic hydroxyl groups excluding tert-OH is 1. The van der Waals surface area contributed by atoms with Crippen molar-refractivity contribution >= 4 is 5.97 Å². The van der Waals surface area contributed by atoms with Crippen molar-refractivity contribution in [3.63, 3.8) is 0 Å². The minimum Gasteiger partial charge on any atom is -0.433 e. The summed E-state index contributed by atoms with van der Waals surface area (Å²) in [4.78, 5) is 11.2. The maximum Gasteiger partial charge on any atom is 0.305 e. The summed E-state index contributed by atoms with van der Waals surface area (Å²) in [6.45, 7) is 1.41. The molecule has 134 valence electrons. The summed E-state index contributed by atoms with van der Waals surface area (Å²) >= 11 is 0. The Morgan fingerprint density at radius 3 is 1.96 bits per heavy atom. The first-order valence-electron chi connectivity index (χ1n) is 9.03. The van der Waals surface area contributed by atoms with Crippen LogP contribution >= 0.6 is 0 Å². The molecule has 0 spiro atoms. The molecule has 0 aromatic carbocycles. The van der Waals surface area contributed by atoms with Gasteiger partial charge in [0, 0.05) is 51.9 Å². The Balaban J connectivity index is 1.05. The number of hydrogen-bond donors (Lipinski definition) is 1. The molecule has 1 N–H and O–H groups in total. The fourth-order valence-electron chi connectivity index (χ4n) is 3.16. The molecule has 7 nitrogen and oxygen atoms in total. The molecule has 6 atom stereocenters. The summed E-state index contributed by atoms with van der Waals surface area (Å²) < 4.78 is 29.0. The minimum absolute atomic E-state index is 0.0222. The van der Waals surface area contributed by atoms with Gasteiger partial charge < -0.3 is 28.8 Å². The largest absolute Gasteiger partial charge is 0.433 e. The lowest BCUT2D eigenvalue weighted by Crippen LogP contribution is -2.32. The highest BCUT2D eigenvalue weighted by Crippen LogP contribution is 2.54. The first kappa shape index (κ1) is 15.5. The molecular weight excluding hydrogens is 316 g/mol. The first-order valence-corrected chi connectivity index (χ1v) is 9.03. The highest BCUT2D eigenvalue weighted by molar-refractivity contribution is 5.66. The summed E-state index contributed by atoms with van der Waals surface area (Å²) in [5, 5.41) is 9.28. The lowest BCUT2D eigenvalue weighted by molar-refractivity contribution is -0.275. The Bertz CT molecular complexity index is 541. The third kappa shape index (κ3) is 3.32. The smallest absolute Gasteiger partial charge is 0.305 e. The van der Waals surface area contributed by atoms with E-state index < -0.39 is 11.6 Å². The predicted octanol–water partition coefficient (Wildman–Crippen LogP) is 1.01. The van der Waals surface area contributed by atoms with E-state index in [9.17, 15) is 9.90 Å². The van der Waals surface area contributed by atoms with Crippen molar-refractivity contribution in [2.24, 2.45) is 0 Å². The van der Waals surface area contributed by atoms with Crippen molar-refractivity contribution in [2.75, 3.05) is 0 Å². The van der Waals surface area contributed by atoms with Crippen molar-refractivity contribution in [2.45, 2.75) is 100 Å². The van der Waals surface area contributed by atoms with Crippen LogP contribution in [-0.4, -0.2) is 59.3 Å². The minimum atomic E-state index is -0.742. The second-order valence-electron chi connectivity index (χ2n) is 7.87. The molecule has 24 heavy (non-hydrogen) atoms. The molecule has 0 saturated heterocycles. The van der Waals surface area contributed by atoms with Gasteiger partial charge >= 0.3 is 5.97 Å². The number of esters is 1. The van der Waals surface area contributed by atoms with Crippen LogP contribution in [-0.2, 0) is 28.5 Å². The Labute approximate surface area is 140 Å². The van der Waals surface area contributed by atoms with Gasteiger partial charge in [-0.25, -0.2) is 0 Å². The van der Waals surface area contributed by atoms with Crippen LogP contribution in [0.2, 0.25) is 0 Å². The van der Waals surface area contributed by atoms with Gasteiger partial charge in [-0.3, -0.25) is 4.79 Å². The van der Waals surface area contributed by atoms with E-state index in [2.05, 4.69) is 0 Å². The molecule has 5 aliphatic carbocycles. The standard InChI is InChI=1S/C17H24O7/c1-9(18)22-16(2-3-16)24-17(4-5-17)23-15-8-14(15)21-13-7-12(13)20-11-6-10(11)19/h10-15,19H,2-8H2,1H3. The summed E-state index contributed by atoms with van der Waals surface area (Å²) in [6.07, 6.45) is 5.91. The van der Waals surface area contributed by atoms with E-state index in [1.165, 1.54) is 6.92 Å². The van der Waals surface area contributed by atoms with Crippen LogP contribution in [0.5, 0.6) is 0 Å². The average molecular weight is 340 g/mol. The zero-order valence-electron chi connectivity index (χ0n) is 13.8. The molecule has 0 aromatic rings. The number of rotatable bonds is 9. The molecule has 5 aliphatic rings. The van der Waals surface area contributed by atoms with Crippen molar-refractivity contribution in [1.29, 1.82) is 0 Å². The number of carbonyl (C=O) groups is 1. The fourth-order valence-corrected chi connectivity index (χ4v) is 3.16. The van der Waals surface area contributed by atoms with E-state index >= 15 is 0 Å². The van der Waals surface area contributed by atoms with Gasteiger partial charge in [0.05, 0.1) is 36.6 Å². The van der Waals surface area contributed by atoms with E-state index in [-0.39, 0.29) is 42.6 Å². The van der Waals surface area contributed by atoms with E-state index in [0.29, 0.717) is 0 Å². The lowest BCUT2D eigenvalue weighted by atomic mass is 10.6.